The van der Waals surface area contributed by atoms with Crippen molar-refractivity contribution >= 4 is 94.2 Å². The van der Waals surface area contributed by atoms with E-state index in [0.717, 1.165) is 82.0 Å². The van der Waals surface area contributed by atoms with Gasteiger partial charge >= 0.3 is 0 Å². The van der Waals surface area contributed by atoms with Gasteiger partial charge in [-0.05, 0) is 158 Å². The van der Waals surface area contributed by atoms with E-state index in [2.05, 4.69) is 249 Å². The minimum absolute atomic E-state index is 0.0195. The first-order valence-corrected chi connectivity index (χ1v) is 28.1. The molecule has 1 N–H and O–H groups in total. The van der Waals surface area contributed by atoms with E-state index in [9.17, 15) is 0 Å². The van der Waals surface area contributed by atoms with Crippen molar-refractivity contribution < 1.29 is 0 Å². The van der Waals surface area contributed by atoms with Gasteiger partial charge in [-0.1, -0.05) is 194 Å². The largest absolute Gasteiger partial charge is 0.357 e. The first-order valence-electron chi connectivity index (χ1n) is 28.1. The molecule has 374 valence electrons. The molecule has 16 rings (SSSR count). The van der Waals surface area contributed by atoms with Crippen LogP contribution in [0.2, 0.25) is 0 Å². The Morgan fingerprint density at radius 1 is 0.468 bits per heavy atom. The van der Waals surface area contributed by atoms with E-state index in [4.69, 9.17) is 15.0 Å². The van der Waals surface area contributed by atoms with E-state index in [1.807, 2.05) is 0 Å². The summed E-state index contributed by atoms with van der Waals surface area (Å²) in [6, 6.07) is 71.6. The lowest BCUT2D eigenvalue weighted by Gasteiger charge is -2.38. The number of pyridine rings is 2. The van der Waals surface area contributed by atoms with Gasteiger partial charge in [-0.15, -0.1) is 0 Å². The minimum Gasteiger partial charge on any atom is -0.357 e. The summed E-state index contributed by atoms with van der Waals surface area (Å²) in [5.74, 6) is -0.0195. The van der Waals surface area contributed by atoms with Crippen molar-refractivity contribution in [3.63, 3.8) is 0 Å². The second-order valence-electron chi connectivity index (χ2n) is 22.1. The average Bonchev–Trinajstić information content (AvgIpc) is 3.60. The summed E-state index contributed by atoms with van der Waals surface area (Å²) < 4.78 is 0. The Kier molecular flexibility index (Phi) is 10.4. The monoisotopic (exact) mass is 1010 g/mol. The third kappa shape index (κ3) is 7.38. The van der Waals surface area contributed by atoms with Crippen molar-refractivity contribution in [2.45, 2.75) is 44.7 Å². The zero-order valence-electron chi connectivity index (χ0n) is 44.0. The Labute approximate surface area is 459 Å². The van der Waals surface area contributed by atoms with Gasteiger partial charge in [0.25, 0.3) is 0 Å². The number of hydrogen-bond donors (Lipinski definition) is 1. The zero-order chi connectivity index (χ0) is 52.2. The minimum atomic E-state index is -0.835. The molecule has 4 aliphatic rings. The highest BCUT2D eigenvalue weighted by atomic mass is 15.2. The number of anilines is 1. The van der Waals surface area contributed by atoms with Gasteiger partial charge in [-0.2, -0.15) is 0 Å². The van der Waals surface area contributed by atoms with Crippen LogP contribution in [0.4, 0.5) is 5.69 Å². The lowest BCUT2D eigenvalue weighted by molar-refractivity contribution is 0.565. The van der Waals surface area contributed by atoms with Gasteiger partial charge in [-0.3, -0.25) is 9.98 Å². The molecule has 0 saturated carbocycles. The quantitative estimate of drug-likeness (QED) is 0.133. The smallest absolute Gasteiger partial charge is 0.153 e. The molecule has 2 atom stereocenters. The number of allylic oxidation sites excluding steroid dienone is 6. The number of aliphatic imine (C=N–C) groups is 1. The van der Waals surface area contributed by atoms with Crippen molar-refractivity contribution in [3.05, 3.63) is 264 Å². The molecule has 0 fully saturated rings. The van der Waals surface area contributed by atoms with Gasteiger partial charge in [0.15, 0.2) is 5.66 Å². The molecule has 1 unspecified atom stereocenters. The fourth-order valence-corrected chi connectivity index (χ4v) is 13.7. The second-order valence-corrected chi connectivity index (χ2v) is 22.1. The summed E-state index contributed by atoms with van der Waals surface area (Å²) in [6.45, 7) is 2.29. The van der Waals surface area contributed by atoms with E-state index >= 15 is 0 Å². The molecule has 0 saturated heterocycles. The Balaban J connectivity index is 0.930. The van der Waals surface area contributed by atoms with Crippen LogP contribution < -0.4 is 5.32 Å². The van der Waals surface area contributed by atoms with E-state index in [1.54, 1.807) is 0 Å². The molecule has 0 bridgehead atoms. The number of benzene rings is 10. The molecule has 4 heteroatoms. The standard InChI is InChI=1S/C75H54N4/c1-75(52-40-38-47(39-41-52)72-61-28-12-16-32-69(61)77-70-33-17-13-29-62(70)72)78-73(48-36-34-46(35-37-48)71-59-26-10-14-30-67(59)76-68-31-15-11-27-60(68)71)66-45-51(63-42-49-18-2-4-20-53(49)55-22-6-8-24-57(55)63)44-65(74(66)79-75)64-43-50-19-3-5-21-54(50)56-23-7-9-25-58(56)64/h2-8,10-16,18-24,26-32,34-36,38-45,48,79H,9,17,25,33,37H2,1H3/t48?,75-/m1/s1. The van der Waals surface area contributed by atoms with E-state index in [0.29, 0.717) is 0 Å². The highest BCUT2D eigenvalue weighted by Gasteiger charge is 2.37. The highest BCUT2D eigenvalue weighted by Crippen LogP contribution is 2.50. The van der Waals surface area contributed by atoms with Crippen LogP contribution in [0.3, 0.4) is 0 Å². The molecule has 0 spiro atoms. The molecule has 0 radical (unpaired) electrons. The number of nitrogens with zero attached hydrogens (tertiary/aromatic N) is 3. The summed E-state index contributed by atoms with van der Waals surface area (Å²) in [7, 11) is 0. The molecule has 0 amide bonds. The zero-order valence-corrected chi connectivity index (χ0v) is 44.0. The normalized spacial score (nSPS) is 17.5. The van der Waals surface area contributed by atoms with Crippen molar-refractivity contribution in [2.75, 3.05) is 5.32 Å². The third-order valence-corrected chi connectivity index (χ3v) is 17.4. The maximum Gasteiger partial charge on any atom is 0.153 e. The van der Waals surface area contributed by atoms with Gasteiger partial charge in [0.1, 0.15) is 0 Å². The Bertz CT molecular complexity index is 4690. The van der Waals surface area contributed by atoms with E-state index < -0.39 is 5.66 Å². The summed E-state index contributed by atoms with van der Waals surface area (Å²) in [4.78, 5) is 16.3. The molecular formula is C75H54N4. The van der Waals surface area contributed by atoms with Gasteiger partial charge in [0.05, 0.1) is 27.9 Å². The molecule has 1 aliphatic heterocycles. The Hall–Kier alpha value is -9.51. The number of nitrogens with one attached hydrogen (secondary N) is 1. The number of aryl methyl sites for hydroxylation is 1. The van der Waals surface area contributed by atoms with Crippen molar-refractivity contribution in [2.24, 2.45) is 10.9 Å². The summed E-state index contributed by atoms with van der Waals surface area (Å²) in [5.41, 5.74) is 21.5. The fraction of sp³-hybridized carbons (Fsp3) is 0.107. The summed E-state index contributed by atoms with van der Waals surface area (Å²) >= 11 is 0. The first kappa shape index (κ1) is 45.7. The van der Waals surface area contributed by atoms with Gasteiger partial charge in [0.2, 0.25) is 0 Å². The van der Waals surface area contributed by atoms with Crippen LogP contribution in [0.5, 0.6) is 0 Å². The molecule has 4 nitrogen and oxygen atoms in total. The molecule has 3 aliphatic carbocycles. The van der Waals surface area contributed by atoms with E-state index in [-0.39, 0.29) is 5.92 Å². The van der Waals surface area contributed by atoms with E-state index in [1.165, 1.54) is 105 Å². The van der Waals surface area contributed by atoms with Gasteiger partial charge < -0.3 is 5.32 Å². The second kappa shape index (κ2) is 18.0. The number of rotatable bonds is 6. The fourth-order valence-electron chi connectivity index (χ4n) is 13.7. The van der Waals surface area contributed by atoms with Gasteiger partial charge in [-0.25, -0.2) is 4.98 Å². The van der Waals surface area contributed by atoms with Crippen molar-refractivity contribution in [1.29, 1.82) is 0 Å². The molecule has 3 heterocycles. The van der Waals surface area contributed by atoms with Crippen LogP contribution in [0.15, 0.2) is 229 Å². The van der Waals surface area contributed by atoms with Crippen LogP contribution in [0.1, 0.15) is 65.3 Å². The maximum absolute atomic E-state index is 6.07. The number of aromatic nitrogens is 2. The molecule has 12 aromatic rings. The Morgan fingerprint density at radius 2 is 1.05 bits per heavy atom. The average molecular weight is 1010 g/mol. The molecular weight excluding hydrogens is 957 g/mol. The third-order valence-electron chi connectivity index (χ3n) is 17.4. The molecule has 2 aromatic heterocycles. The topological polar surface area (TPSA) is 50.2 Å². The van der Waals surface area contributed by atoms with Gasteiger partial charge in [0, 0.05) is 55.6 Å². The summed E-state index contributed by atoms with van der Waals surface area (Å²) in [5, 5.41) is 15.3. The van der Waals surface area contributed by atoms with Crippen molar-refractivity contribution in [1.82, 2.24) is 9.97 Å². The number of para-hydroxylation sites is 3. The lowest BCUT2D eigenvalue weighted by atomic mass is 9.79. The Morgan fingerprint density at radius 3 is 1.77 bits per heavy atom. The summed E-state index contributed by atoms with van der Waals surface area (Å²) in [6.07, 6.45) is 21.2. The van der Waals surface area contributed by atoms with Crippen molar-refractivity contribution in [3.8, 4) is 33.4 Å². The first-order chi connectivity index (χ1) is 39.0. The SMILES string of the molecule is C[C@@]1(c2ccc(-c3c4c(nc5ccccc35)CCC=C4)cc2)N=C(C2C=CC(c3c4ccccc4nc4ccccc34)=CC2)c2cc(-c3cc4ccccc4c4ccccc34)cc(-c3cc4ccccc4c4c3CCC=C4)c2N1. The maximum atomic E-state index is 6.07. The highest BCUT2D eigenvalue weighted by molar-refractivity contribution is 6.18. The van der Waals surface area contributed by atoms with Crippen LogP contribution in [0.25, 0.3) is 116 Å². The van der Waals surface area contributed by atoms with Crippen LogP contribution >= 0.6 is 0 Å². The molecule has 10 aromatic carbocycles. The predicted molar refractivity (Wildman–Crippen MR) is 334 cm³/mol. The number of hydrogen-bond acceptors (Lipinski definition) is 4. The van der Waals surface area contributed by atoms with Crippen LogP contribution in [-0.4, -0.2) is 15.7 Å². The predicted octanol–water partition coefficient (Wildman–Crippen LogP) is 19.1. The molecule has 79 heavy (non-hydrogen) atoms. The van der Waals surface area contributed by atoms with Crippen LogP contribution in [-0.2, 0) is 18.5 Å². The number of fused-ring (bicyclic) bond motifs is 11. The lowest BCUT2D eigenvalue weighted by Crippen LogP contribution is -2.37. The van der Waals surface area contributed by atoms with Crippen LogP contribution in [0, 0.1) is 5.92 Å².